The number of hydrogen-bond donors (Lipinski definition) is 1. The van der Waals surface area contributed by atoms with Crippen molar-refractivity contribution in [2.45, 2.75) is 13.8 Å². The van der Waals surface area contributed by atoms with Crippen LogP contribution in [-0.4, -0.2) is 18.0 Å². The molecule has 28 heavy (non-hydrogen) atoms. The van der Waals surface area contributed by atoms with Crippen molar-refractivity contribution in [3.8, 4) is 16.3 Å². The highest BCUT2D eigenvalue weighted by molar-refractivity contribution is 7.21. The van der Waals surface area contributed by atoms with E-state index in [9.17, 15) is 4.79 Å². The predicted molar refractivity (Wildman–Crippen MR) is 115 cm³/mol. The number of benzene rings is 3. The third kappa shape index (κ3) is 3.25. The molecule has 5 heteroatoms. The van der Waals surface area contributed by atoms with Gasteiger partial charge in [-0.1, -0.05) is 36.4 Å². The maximum absolute atomic E-state index is 12.9. The van der Waals surface area contributed by atoms with E-state index in [2.05, 4.69) is 11.4 Å². The number of carbonyl (C=O) groups is 1. The van der Waals surface area contributed by atoms with Crippen molar-refractivity contribution in [2.75, 3.05) is 12.4 Å². The van der Waals surface area contributed by atoms with Gasteiger partial charge in [-0.25, -0.2) is 4.98 Å². The number of methoxy groups -OCH3 is 1. The highest BCUT2D eigenvalue weighted by Gasteiger charge is 2.17. The van der Waals surface area contributed by atoms with E-state index in [0.29, 0.717) is 11.3 Å². The summed E-state index contributed by atoms with van der Waals surface area (Å²) < 4.78 is 6.57. The minimum atomic E-state index is -0.190. The first-order valence-corrected chi connectivity index (χ1v) is 9.80. The van der Waals surface area contributed by atoms with Gasteiger partial charge >= 0.3 is 0 Å². The number of thiazole rings is 1. The number of aromatic nitrogens is 1. The molecule has 0 aliphatic rings. The predicted octanol–water partition coefficient (Wildman–Crippen LogP) is 5.84. The second-order valence-corrected chi connectivity index (χ2v) is 7.61. The summed E-state index contributed by atoms with van der Waals surface area (Å²) in [7, 11) is 1.58. The molecule has 4 aromatic rings. The SMILES string of the molecule is COc1c(C)cccc1C(=O)Nc1cccc(-c2nc3ccccc3s2)c1C. The smallest absolute Gasteiger partial charge is 0.259 e. The largest absolute Gasteiger partial charge is 0.496 e. The quantitative estimate of drug-likeness (QED) is 0.478. The lowest BCUT2D eigenvalue weighted by molar-refractivity contribution is 0.102. The summed E-state index contributed by atoms with van der Waals surface area (Å²) >= 11 is 1.65. The minimum absolute atomic E-state index is 0.190. The fourth-order valence-corrected chi connectivity index (χ4v) is 4.33. The van der Waals surface area contributed by atoms with Gasteiger partial charge in [0.2, 0.25) is 0 Å². The average Bonchev–Trinajstić information content (AvgIpc) is 3.13. The van der Waals surface area contributed by atoms with Crippen LogP contribution in [0.5, 0.6) is 5.75 Å². The molecule has 3 aromatic carbocycles. The third-order valence-electron chi connectivity index (χ3n) is 4.77. The number of carbonyl (C=O) groups excluding carboxylic acids is 1. The summed E-state index contributed by atoms with van der Waals surface area (Å²) in [5.41, 5.74) is 5.21. The number of nitrogens with one attached hydrogen (secondary N) is 1. The van der Waals surface area contributed by atoms with Crippen LogP contribution in [0.15, 0.2) is 60.7 Å². The summed E-state index contributed by atoms with van der Waals surface area (Å²) in [4.78, 5) is 17.6. The van der Waals surface area contributed by atoms with Gasteiger partial charge in [-0.3, -0.25) is 4.79 Å². The summed E-state index contributed by atoms with van der Waals surface area (Å²) in [6.07, 6.45) is 0. The second kappa shape index (κ2) is 7.44. The molecule has 0 spiro atoms. The number of fused-ring (bicyclic) bond motifs is 1. The average molecular weight is 388 g/mol. The van der Waals surface area contributed by atoms with Crippen molar-refractivity contribution < 1.29 is 9.53 Å². The molecule has 4 rings (SSSR count). The van der Waals surface area contributed by atoms with Gasteiger partial charge in [0, 0.05) is 11.3 Å². The molecule has 0 saturated heterocycles. The summed E-state index contributed by atoms with van der Waals surface area (Å²) in [6.45, 7) is 3.93. The van der Waals surface area contributed by atoms with Gasteiger partial charge in [0.05, 0.1) is 22.9 Å². The van der Waals surface area contributed by atoms with Crippen molar-refractivity contribution in [3.63, 3.8) is 0 Å². The molecule has 0 aliphatic heterocycles. The first-order chi connectivity index (χ1) is 13.6. The van der Waals surface area contributed by atoms with Crippen LogP contribution in [0.25, 0.3) is 20.8 Å². The number of aryl methyl sites for hydroxylation is 1. The molecular weight excluding hydrogens is 368 g/mol. The van der Waals surface area contributed by atoms with E-state index >= 15 is 0 Å². The van der Waals surface area contributed by atoms with Crippen LogP contribution in [0, 0.1) is 13.8 Å². The van der Waals surface area contributed by atoms with Crippen LogP contribution in [0.1, 0.15) is 21.5 Å². The van der Waals surface area contributed by atoms with Gasteiger partial charge in [-0.2, -0.15) is 0 Å². The third-order valence-corrected chi connectivity index (χ3v) is 5.84. The topological polar surface area (TPSA) is 51.2 Å². The van der Waals surface area contributed by atoms with Crippen molar-refractivity contribution in [3.05, 3.63) is 77.4 Å². The standard InChI is InChI=1S/C23H20N2O2S/c1-14-8-6-10-17(21(14)27-3)22(26)24-18-12-7-9-16(15(18)2)23-25-19-11-4-5-13-20(19)28-23/h4-13H,1-3H3,(H,24,26). The molecule has 0 radical (unpaired) electrons. The Bertz CT molecular complexity index is 1150. The van der Waals surface area contributed by atoms with Crippen LogP contribution < -0.4 is 10.1 Å². The lowest BCUT2D eigenvalue weighted by atomic mass is 10.1. The number of rotatable bonds is 4. The molecule has 0 fully saturated rings. The molecule has 0 saturated carbocycles. The van der Waals surface area contributed by atoms with E-state index in [0.717, 1.165) is 37.6 Å². The van der Waals surface area contributed by atoms with Gasteiger partial charge < -0.3 is 10.1 Å². The first-order valence-electron chi connectivity index (χ1n) is 8.99. The number of ether oxygens (including phenoxy) is 1. The van der Waals surface area contributed by atoms with Crippen molar-refractivity contribution in [1.82, 2.24) is 4.98 Å². The molecule has 0 bridgehead atoms. The summed E-state index contributed by atoms with van der Waals surface area (Å²) in [5, 5.41) is 3.98. The molecule has 0 unspecified atom stereocenters. The summed E-state index contributed by atoms with van der Waals surface area (Å²) in [6, 6.07) is 19.5. The minimum Gasteiger partial charge on any atom is -0.496 e. The molecular formula is C23H20N2O2S. The molecule has 1 aromatic heterocycles. The van der Waals surface area contributed by atoms with E-state index < -0.39 is 0 Å². The van der Waals surface area contributed by atoms with E-state index in [1.807, 2.05) is 62.4 Å². The monoisotopic (exact) mass is 388 g/mol. The fraction of sp³-hybridized carbons (Fsp3) is 0.130. The fourth-order valence-electron chi connectivity index (χ4n) is 3.28. The molecule has 1 N–H and O–H groups in total. The zero-order valence-corrected chi connectivity index (χ0v) is 16.8. The zero-order valence-electron chi connectivity index (χ0n) is 15.9. The second-order valence-electron chi connectivity index (χ2n) is 6.57. The summed E-state index contributed by atoms with van der Waals surface area (Å²) in [5.74, 6) is 0.407. The van der Waals surface area contributed by atoms with Crippen LogP contribution in [0.2, 0.25) is 0 Å². The van der Waals surface area contributed by atoms with Gasteiger partial charge in [0.15, 0.2) is 0 Å². The Labute approximate surface area is 167 Å². The van der Waals surface area contributed by atoms with Gasteiger partial charge in [0.25, 0.3) is 5.91 Å². The van der Waals surface area contributed by atoms with E-state index in [4.69, 9.17) is 9.72 Å². The number of nitrogens with zero attached hydrogens (tertiary/aromatic N) is 1. The number of anilines is 1. The molecule has 1 amide bonds. The van der Waals surface area contributed by atoms with Gasteiger partial charge in [-0.15, -0.1) is 11.3 Å². The number of hydrogen-bond acceptors (Lipinski definition) is 4. The Balaban J connectivity index is 1.69. The zero-order chi connectivity index (χ0) is 19.7. The molecule has 0 atom stereocenters. The van der Waals surface area contributed by atoms with Crippen LogP contribution in [0.3, 0.4) is 0 Å². The molecule has 140 valence electrons. The molecule has 1 heterocycles. The Morgan fingerprint density at radius 3 is 2.57 bits per heavy atom. The van der Waals surface area contributed by atoms with Gasteiger partial charge in [0.1, 0.15) is 10.8 Å². The highest BCUT2D eigenvalue weighted by Crippen LogP contribution is 2.34. The Kier molecular flexibility index (Phi) is 4.84. The molecule has 4 nitrogen and oxygen atoms in total. The number of para-hydroxylation sites is 2. The Hall–Kier alpha value is -3.18. The van der Waals surface area contributed by atoms with Crippen molar-refractivity contribution >= 4 is 33.1 Å². The number of amides is 1. The maximum Gasteiger partial charge on any atom is 0.259 e. The first kappa shape index (κ1) is 18.2. The van der Waals surface area contributed by atoms with E-state index in [1.165, 1.54) is 0 Å². The van der Waals surface area contributed by atoms with Crippen LogP contribution in [0.4, 0.5) is 5.69 Å². The normalized spacial score (nSPS) is 10.8. The van der Waals surface area contributed by atoms with E-state index in [1.54, 1.807) is 24.5 Å². The van der Waals surface area contributed by atoms with Gasteiger partial charge in [-0.05, 0) is 49.2 Å². The van der Waals surface area contributed by atoms with Crippen molar-refractivity contribution in [2.24, 2.45) is 0 Å². The Morgan fingerprint density at radius 2 is 1.79 bits per heavy atom. The maximum atomic E-state index is 12.9. The van der Waals surface area contributed by atoms with E-state index in [-0.39, 0.29) is 5.91 Å². The lowest BCUT2D eigenvalue weighted by Crippen LogP contribution is -2.14. The van der Waals surface area contributed by atoms with Crippen molar-refractivity contribution in [1.29, 1.82) is 0 Å². The molecule has 0 aliphatic carbocycles. The Morgan fingerprint density at radius 1 is 1.00 bits per heavy atom. The highest BCUT2D eigenvalue weighted by atomic mass is 32.1. The lowest BCUT2D eigenvalue weighted by Gasteiger charge is -2.14. The van der Waals surface area contributed by atoms with Crippen LogP contribution >= 0.6 is 11.3 Å². The van der Waals surface area contributed by atoms with Crippen LogP contribution in [-0.2, 0) is 0 Å².